The van der Waals surface area contributed by atoms with Crippen molar-refractivity contribution < 1.29 is 45.9 Å². The number of alkyl halides is 6. The molecule has 0 saturated carbocycles. The number of halogens is 6. The van der Waals surface area contributed by atoms with E-state index in [4.69, 9.17) is 4.74 Å². The standard InChI is InChI=1S/C18H13F6NO5/c1-9-7-12(16(27,17(19,20)21)18(22,23)24)8-10(2)14(9)30-15(26)11-3-5-13(6-4-11)25(28)29/h3-8,27H,1-2H3. The van der Waals surface area contributed by atoms with Gasteiger partial charge < -0.3 is 9.84 Å². The number of non-ortho nitro benzene ring substituents is 1. The van der Waals surface area contributed by atoms with Gasteiger partial charge in [0.1, 0.15) is 5.75 Å². The van der Waals surface area contributed by atoms with E-state index in [-0.39, 0.29) is 28.1 Å². The summed E-state index contributed by atoms with van der Waals surface area (Å²) in [6.45, 7) is 2.20. The Hall–Kier alpha value is -3.15. The van der Waals surface area contributed by atoms with E-state index in [2.05, 4.69) is 0 Å². The Labute approximate surface area is 164 Å². The van der Waals surface area contributed by atoms with Crippen molar-refractivity contribution in [2.75, 3.05) is 0 Å². The van der Waals surface area contributed by atoms with Gasteiger partial charge in [-0.1, -0.05) is 0 Å². The molecule has 2 aromatic rings. The van der Waals surface area contributed by atoms with E-state index < -0.39 is 34.4 Å². The number of nitro benzene ring substituents is 1. The van der Waals surface area contributed by atoms with Gasteiger partial charge >= 0.3 is 18.3 Å². The minimum absolute atomic E-state index is 0.134. The van der Waals surface area contributed by atoms with Crippen LogP contribution in [0.2, 0.25) is 0 Å². The predicted octanol–water partition coefficient (Wildman–Crippen LogP) is 4.74. The number of ether oxygens (including phenoxy) is 1. The Kier molecular flexibility index (Phi) is 5.86. The number of benzene rings is 2. The SMILES string of the molecule is Cc1cc(C(O)(C(F)(F)F)C(F)(F)F)cc(C)c1OC(=O)c1ccc([N+](=O)[O-])cc1. The minimum Gasteiger partial charge on any atom is -0.422 e. The van der Waals surface area contributed by atoms with E-state index in [1.54, 1.807) is 0 Å². The van der Waals surface area contributed by atoms with Gasteiger partial charge in [-0.25, -0.2) is 4.79 Å². The van der Waals surface area contributed by atoms with Crippen molar-refractivity contribution in [3.05, 3.63) is 68.8 Å². The Morgan fingerprint density at radius 1 is 0.967 bits per heavy atom. The van der Waals surface area contributed by atoms with Crippen molar-refractivity contribution in [3.63, 3.8) is 0 Å². The van der Waals surface area contributed by atoms with Crippen LogP contribution in [0.4, 0.5) is 32.0 Å². The maximum absolute atomic E-state index is 13.1. The largest absolute Gasteiger partial charge is 0.430 e. The maximum atomic E-state index is 13.1. The molecule has 6 nitrogen and oxygen atoms in total. The van der Waals surface area contributed by atoms with E-state index >= 15 is 0 Å². The monoisotopic (exact) mass is 437 g/mol. The zero-order chi connectivity index (χ0) is 23.1. The average molecular weight is 437 g/mol. The van der Waals surface area contributed by atoms with Gasteiger partial charge in [-0.15, -0.1) is 0 Å². The molecule has 0 aromatic heterocycles. The van der Waals surface area contributed by atoms with E-state index in [9.17, 15) is 46.4 Å². The average Bonchev–Trinajstić information content (AvgIpc) is 2.61. The first-order chi connectivity index (χ1) is 13.6. The van der Waals surface area contributed by atoms with Crippen LogP contribution in [0.3, 0.4) is 0 Å². The molecule has 0 fully saturated rings. The van der Waals surface area contributed by atoms with Crippen molar-refractivity contribution in [1.29, 1.82) is 0 Å². The predicted molar refractivity (Wildman–Crippen MR) is 90.0 cm³/mol. The molecule has 2 rings (SSSR count). The number of carbonyl (C=O) groups excluding carboxylic acids is 1. The third-order valence-electron chi connectivity index (χ3n) is 4.21. The second-order valence-electron chi connectivity index (χ2n) is 6.34. The van der Waals surface area contributed by atoms with Crippen LogP contribution in [-0.2, 0) is 5.60 Å². The van der Waals surface area contributed by atoms with Crippen molar-refractivity contribution in [2.45, 2.75) is 31.8 Å². The molecular weight excluding hydrogens is 424 g/mol. The topological polar surface area (TPSA) is 89.7 Å². The molecule has 0 saturated heterocycles. The smallest absolute Gasteiger partial charge is 0.422 e. The summed E-state index contributed by atoms with van der Waals surface area (Å²) in [7, 11) is 0. The summed E-state index contributed by atoms with van der Waals surface area (Å²) < 4.78 is 83.5. The van der Waals surface area contributed by atoms with Gasteiger partial charge in [0.05, 0.1) is 10.5 Å². The third-order valence-corrected chi connectivity index (χ3v) is 4.21. The molecule has 12 heteroatoms. The molecule has 0 aliphatic heterocycles. The second-order valence-corrected chi connectivity index (χ2v) is 6.34. The van der Waals surface area contributed by atoms with Crippen molar-refractivity contribution in [3.8, 4) is 5.75 Å². The summed E-state index contributed by atoms with van der Waals surface area (Å²) in [5.41, 5.74) is -7.57. The molecule has 0 unspecified atom stereocenters. The van der Waals surface area contributed by atoms with E-state index in [1.165, 1.54) is 0 Å². The first-order valence-electron chi connectivity index (χ1n) is 8.03. The summed E-state index contributed by atoms with van der Waals surface area (Å²) in [6.07, 6.45) is -12.1. The van der Waals surface area contributed by atoms with Gasteiger partial charge in [0, 0.05) is 17.7 Å². The Morgan fingerprint density at radius 2 is 1.40 bits per heavy atom. The van der Waals surface area contributed by atoms with Crippen LogP contribution in [0.1, 0.15) is 27.0 Å². The highest BCUT2D eigenvalue weighted by Crippen LogP contribution is 2.50. The molecule has 0 amide bonds. The summed E-state index contributed by atoms with van der Waals surface area (Å²) in [4.78, 5) is 22.1. The first kappa shape index (κ1) is 23.1. The van der Waals surface area contributed by atoms with E-state index in [0.29, 0.717) is 12.1 Å². The van der Waals surface area contributed by atoms with E-state index in [0.717, 1.165) is 38.1 Å². The molecule has 0 atom stereocenters. The number of aryl methyl sites for hydroxylation is 2. The maximum Gasteiger partial charge on any atom is 0.430 e. The number of esters is 1. The fourth-order valence-corrected chi connectivity index (χ4v) is 2.68. The number of nitro groups is 1. The zero-order valence-electron chi connectivity index (χ0n) is 15.3. The molecule has 0 heterocycles. The lowest BCUT2D eigenvalue weighted by Gasteiger charge is -2.33. The molecule has 1 N–H and O–H groups in total. The van der Waals surface area contributed by atoms with Gasteiger partial charge in [0.25, 0.3) is 11.3 Å². The lowest BCUT2D eigenvalue weighted by atomic mass is 9.89. The summed E-state index contributed by atoms with van der Waals surface area (Å²) in [6, 6.07) is 5.04. The number of hydrogen-bond acceptors (Lipinski definition) is 5. The molecule has 162 valence electrons. The third kappa shape index (κ3) is 4.08. The quantitative estimate of drug-likeness (QED) is 0.245. The molecular formula is C18H13F6NO5. The summed E-state index contributed by atoms with van der Waals surface area (Å²) in [5, 5.41) is 20.1. The van der Waals surface area contributed by atoms with Crippen LogP contribution >= 0.6 is 0 Å². The first-order valence-corrected chi connectivity index (χ1v) is 8.03. The molecule has 0 aliphatic carbocycles. The number of aliphatic hydroxyl groups is 1. The molecule has 30 heavy (non-hydrogen) atoms. The molecule has 0 aliphatic rings. The van der Waals surface area contributed by atoms with Crippen LogP contribution in [-0.4, -0.2) is 28.4 Å². The Balaban J connectivity index is 2.43. The number of carbonyl (C=O) groups is 1. The van der Waals surface area contributed by atoms with Crippen LogP contribution in [0.5, 0.6) is 5.75 Å². The normalized spacial score (nSPS) is 12.6. The minimum atomic E-state index is -6.05. The van der Waals surface area contributed by atoms with Crippen molar-refractivity contribution >= 4 is 11.7 Å². The van der Waals surface area contributed by atoms with Crippen LogP contribution in [0.25, 0.3) is 0 Å². The van der Waals surface area contributed by atoms with Crippen molar-refractivity contribution in [2.24, 2.45) is 0 Å². The number of hydrogen-bond donors (Lipinski definition) is 1. The lowest BCUT2D eigenvalue weighted by molar-refractivity contribution is -0.384. The molecule has 0 radical (unpaired) electrons. The number of rotatable bonds is 4. The number of nitrogens with zero attached hydrogens (tertiary/aromatic N) is 1. The van der Waals surface area contributed by atoms with Crippen LogP contribution in [0, 0.1) is 24.0 Å². The second kappa shape index (κ2) is 7.59. The molecule has 0 spiro atoms. The summed E-state index contributed by atoms with van der Waals surface area (Å²) in [5.74, 6) is -1.35. The highest BCUT2D eigenvalue weighted by molar-refractivity contribution is 5.91. The van der Waals surface area contributed by atoms with Gasteiger partial charge in [0.2, 0.25) is 0 Å². The van der Waals surface area contributed by atoms with E-state index in [1.807, 2.05) is 0 Å². The Morgan fingerprint density at radius 3 is 1.77 bits per heavy atom. The van der Waals surface area contributed by atoms with Gasteiger partial charge in [0.15, 0.2) is 0 Å². The van der Waals surface area contributed by atoms with Crippen molar-refractivity contribution in [1.82, 2.24) is 0 Å². The lowest BCUT2D eigenvalue weighted by Crippen LogP contribution is -2.54. The zero-order valence-corrected chi connectivity index (χ0v) is 15.3. The van der Waals surface area contributed by atoms with Crippen LogP contribution in [0.15, 0.2) is 36.4 Å². The molecule has 0 bridgehead atoms. The summed E-state index contributed by atoms with van der Waals surface area (Å²) >= 11 is 0. The fraction of sp³-hybridized carbons (Fsp3) is 0.278. The highest BCUT2D eigenvalue weighted by Gasteiger charge is 2.71. The Bertz CT molecular complexity index is 945. The molecule has 2 aromatic carbocycles. The van der Waals surface area contributed by atoms with Gasteiger partial charge in [-0.05, 0) is 49.2 Å². The van der Waals surface area contributed by atoms with Crippen LogP contribution < -0.4 is 4.74 Å². The van der Waals surface area contributed by atoms with Gasteiger partial charge in [-0.3, -0.25) is 10.1 Å². The fourth-order valence-electron chi connectivity index (χ4n) is 2.68. The highest BCUT2D eigenvalue weighted by atomic mass is 19.4. The van der Waals surface area contributed by atoms with Gasteiger partial charge in [-0.2, -0.15) is 26.3 Å².